The monoisotopic (exact) mass is 391 g/mol. The second-order valence-corrected chi connectivity index (χ2v) is 8.20. The topological polar surface area (TPSA) is 110 Å². The lowest BCUT2D eigenvalue weighted by Gasteiger charge is -2.23. The van der Waals surface area contributed by atoms with E-state index in [1.54, 1.807) is 18.2 Å². The van der Waals surface area contributed by atoms with Crippen LogP contribution in [0.2, 0.25) is 0 Å². The molecule has 0 radical (unpaired) electrons. The van der Waals surface area contributed by atoms with Gasteiger partial charge in [0.25, 0.3) is 5.69 Å². The summed E-state index contributed by atoms with van der Waals surface area (Å²) >= 11 is 0. The number of nitrogens with one attached hydrogen (secondary N) is 1. The van der Waals surface area contributed by atoms with Crippen LogP contribution in [0.5, 0.6) is 0 Å². The van der Waals surface area contributed by atoms with Crippen molar-refractivity contribution < 1.29 is 18.1 Å². The molecule has 144 valence electrons. The number of carbonyl (C=O) groups is 1. The lowest BCUT2D eigenvalue weighted by atomic mass is 10.1. The van der Waals surface area contributed by atoms with Gasteiger partial charge in [0.15, 0.2) is 0 Å². The van der Waals surface area contributed by atoms with Gasteiger partial charge in [0.1, 0.15) is 6.54 Å². The van der Waals surface area contributed by atoms with Crippen molar-refractivity contribution in [3.05, 3.63) is 63.2 Å². The normalized spacial score (nSPS) is 11.1. The molecule has 0 heterocycles. The molecule has 0 bridgehead atoms. The molecule has 1 amide bonds. The van der Waals surface area contributed by atoms with Gasteiger partial charge in [-0.1, -0.05) is 12.1 Å². The molecule has 0 saturated carbocycles. The number of hydrogen-bond acceptors (Lipinski definition) is 5. The Kier molecular flexibility index (Phi) is 5.85. The number of amides is 1. The van der Waals surface area contributed by atoms with Crippen LogP contribution >= 0.6 is 0 Å². The SMILES string of the molecule is Cc1ccc(N(CC(=O)Nc2cccc([N+](=O)[O-])c2C)S(C)(=O)=O)cc1C. The van der Waals surface area contributed by atoms with E-state index in [1.165, 1.54) is 25.1 Å². The van der Waals surface area contributed by atoms with Crippen molar-refractivity contribution in [2.24, 2.45) is 0 Å². The van der Waals surface area contributed by atoms with Gasteiger partial charge in [-0.3, -0.25) is 19.2 Å². The van der Waals surface area contributed by atoms with Gasteiger partial charge in [-0.15, -0.1) is 0 Å². The van der Waals surface area contributed by atoms with Gasteiger partial charge in [-0.25, -0.2) is 8.42 Å². The third kappa shape index (κ3) is 4.82. The van der Waals surface area contributed by atoms with Crippen LogP contribution in [0.15, 0.2) is 36.4 Å². The molecule has 2 aromatic carbocycles. The maximum atomic E-state index is 12.4. The molecular weight excluding hydrogens is 370 g/mol. The third-order valence-electron chi connectivity index (χ3n) is 4.24. The molecule has 0 spiro atoms. The van der Waals surface area contributed by atoms with Crippen molar-refractivity contribution >= 4 is 33.0 Å². The lowest BCUT2D eigenvalue weighted by Crippen LogP contribution is -2.37. The highest BCUT2D eigenvalue weighted by Gasteiger charge is 2.22. The first kappa shape index (κ1) is 20.4. The summed E-state index contributed by atoms with van der Waals surface area (Å²) in [5.41, 5.74) is 2.73. The Morgan fingerprint density at radius 3 is 2.37 bits per heavy atom. The minimum atomic E-state index is -3.70. The zero-order chi connectivity index (χ0) is 20.4. The van der Waals surface area contributed by atoms with E-state index in [0.717, 1.165) is 21.7 Å². The van der Waals surface area contributed by atoms with Crippen LogP contribution in [0.1, 0.15) is 16.7 Å². The van der Waals surface area contributed by atoms with Crippen LogP contribution in [0.4, 0.5) is 17.1 Å². The van der Waals surface area contributed by atoms with Gasteiger partial charge in [0.2, 0.25) is 15.9 Å². The summed E-state index contributed by atoms with van der Waals surface area (Å²) in [6.45, 7) is 4.84. The van der Waals surface area contributed by atoms with Crippen LogP contribution in [-0.2, 0) is 14.8 Å². The fourth-order valence-electron chi connectivity index (χ4n) is 2.56. The second kappa shape index (κ2) is 7.75. The zero-order valence-electron chi connectivity index (χ0n) is 15.5. The summed E-state index contributed by atoms with van der Waals surface area (Å²) in [6.07, 6.45) is 1.02. The van der Waals surface area contributed by atoms with Crippen molar-refractivity contribution in [2.75, 3.05) is 22.4 Å². The third-order valence-corrected chi connectivity index (χ3v) is 5.38. The molecule has 0 fully saturated rings. The molecule has 0 aliphatic heterocycles. The van der Waals surface area contributed by atoms with Crippen LogP contribution in [0.3, 0.4) is 0 Å². The Balaban J connectivity index is 2.29. The molecular formula is C18H21N3O5S. The second-order valence-electron chi connectivity index (χ2n) is 6.29. The Bertz CT molecular complexity index is 1000. The van der Waals surface area contributed by atoms with Gasteiger partial charge in [-0.2, -0.15) is 0 Å². The summed E-state index contributed by atoms with van der Waals surface area (Å²) in [6, 6.07) is 9.44. The Labute approximate surface area is 158 Å². The van der Waals surface area contributed by atoms with Crippen LogP contribution in [0, 0.1) is 30.9 Å². The number of sulfonamides is 1. The standard InChI is InChI=1S/C18H21N3O5S/c1-12-8-9-15(10-13(12)2)20(27(4,25)26)11-18(22)19-16-6-5-7-17(14(16)3)21(23)24/h5-10H,11H2,1-4H3,(H,19,22). The van der Waals surface area contributed by atoms with Crippen LogP contribution in [0.25, 0.3) is 0 Å². The van der Waals surface area contributed by atoms with Crippen molar-refractivity contribution in [1.82, 2.24) is 0 Å². The fourth-order valence-corrected chi connectivity index (χ4v) is 3.41. The summed E-state index contributed by atoms with van der Waals surface area (Å²) in [5, 5.41) is 13.6. The van der Waals surface area contributed by atoms with E-state index >= 15 is 0 Å². The number of nitrogens with zero attached hydrogens (tertiary/aromatic N) is 2. The summed E-state index contributed by atoms with van der Waals surface area (Å²) < 4.78 is 25.4. The Morgan fingerprint density at radius 1 is 1.15 bits per heavy atom. The number of aryl methyl sites for hydroxylation is 2. The average molecular weight is 391 g/mol. The van der Waals surface area contributed by atoms with Gasteiger partial charge in [-0.05, 0) is 50.1 Å². The summed E-state index contributed by atoms with van der Waals surface area (Å²) in [5.74, 6) is -0.595. The van der Waals surface area contributed by atoms with E-state index in [0.29, 0.717) is 11.3 Å². The number of anilines is 2. The number of hydrogen-bond donors (Lipinski definition) is 1. The van der Waals surface area contributed by atoms with Crippen LogP contribution in [-0.4, -0.2) is 32.0 Å². The molecule has 0 atom stereocenters. The molecule has 0 aromatic heterocycles. The van der Waals surface area contributed by atoms with Gasteiger partial charge in [0.05, 0.1) is 28.1 Å². The first-order valence-electron chi connectivity index (χ1n) is 8.09. The van der Waals surface area contributed by atoms with E-state index < -0.39 is 27.4 Å². The predicted molar refractivity (Wildman–Crippen MR) is 105 cm³/mol. The average Bonchev–Trinajstić information content (AvgIpc) is 2.56. The van der Waals surface area contributed by atoms with E-state index in [1.807, 2.05) is 13.8 Å². The van der Waals surface area contributed by atoms with Gasteiger partial charge < -0.3 is 5.32 Å². The lowest BCUT2D eigenvalue weighted by molar-refractivity contribution is -0.385. The van der Waals surface area contributed by atoms with Gasteiger partial charge in [0, 0.05) is 6.07 Å². The minimum absolute atomic E-state index is 0.123. The number of carbonyl (C=O) groups excluding carboxylic acids is 1. The van der Waals surface area contributed by atoms with E-state index in [9.17, 15) is 23.3 Å². The zero-order valence-corrected chi connectivity index (χ0v) is 16.3. The highest BCUT2D eigenvalue weighted by atomic mass is 32.2. The Morgan fingerprint density at radius 2 is 1.81 bits per heavy atom. The van der Waals surface area contributed by atoms with E-state index in [-0.39, 0.29) is 11.4 Å². The fraction of sp³-hybridized carbons (Fsp3) is 0.278. The molecule has 8 nitrogen and oxygen atoms in total. The maximum absolute atomic E-state index is 12.4. The van der Waals surface area contributed by atoms with Crippen LogP contribution < -0.4 is 9.62 Å². The highest BCUT2D eigenvalue weighted by molar-refractivity contribution is 7.92. The Hall–Kier alpha value is -2.94. The first-order chi connectivity index (χ1) is 12.5. The molecule has 0 saturated heterocycles. The molecule has 2 rings (SSSR count). The number of nitro benzene ring substituents is 1. The summed E-state index contributed by atoms with van der Waals surface area (Å²) in [7, 11) is -3.70. The van der Waals surface area contributed by atoms with Gasteiger partial charge >= 0.3 is 0 Å². The molecule has 2 aromatic rings. The summed E-state index contributed by atoms with van der Waals surface area (Å²) in [4.78, 5) is 22.9. The molecule has 27 heavy (non-hydrogen) atoms. The number of benzene rings is 2. The first-order valence-corrected chi connectivity index (χ1v) is 9.94. The van der Waals surface area contributed by atoms with Crippen molar-refractivity contribution in [1.29, 1.82) is 0 Å². The van der Waals surface area contributed by atoms with Crippen molar-refractivity contribution in [3.8, 4) is 0 Å². The molecule has 1 N–H and O–H groups in total. The minimum Gasteiger partial charge on any atom is -0.324 e. The molecule has 0 aliphatic rings. The smallest absolute Gasteiger partial charge is 0.274 e. The molecule has 0 aliphatic carbocycles. The van der Waals surface area contributed by atoms with E-state index in [4.69, 9.17) is 0 Å². The van der Waals surface area contributed by atoms with Crippen molar-refractivity contribution in [2.45, 2.75) is 20.8 Å². The van der Waals surface area contributed by atoms with E-state index in [2.05, 4.69) is 5.32 Å². The largest absolute Gasteiger partial charge is 0.324 e. The highest BCUT2D eigenvalue weighted by Crippen LogP contribution is 2.25. The van der Waals surface area contributed by atoms with Crippen molar-refractivity contribution in [3.63, 3.8) is 0 Å². The quantitative estimate of drug-likeness (QED) is 0.601. The predicted octanol–water partition coefficient (Wildman–Crippen LogP) is 2.92. The number of nitro groups is 1. The molecule has 9 heteroatoms. The maximum Gasteiger partial charge on any atom is 0.274 e. The number of rotatable bonds is 6. The molecule has 0 unspecified atom stereocenters.